The number of halogens is 1. The minimum Gasteiger partial charge on any atom is -0.350 e. The Bertz CT molecular complexity index is 519. The number of hydrogen-bond donors (Lipinski definition) is 0. The van der Waals surface area contributed by atoms with Crippen molar-refractivity contribution in [3.63, 3.8) is 0 Å². The molecule has 2 rings (SSSR count). The zero-order chi connectivity index (χ0) is 23.4. The number of rotatable bonds is 5. The molecule has 2 heterocycles. The van der Waals surface area contributed by atoms with Crippen LogP contribution in [0.2, 0.25) is 0 Å². The molecule has 0 aromatic carbocycles. The summed E-state index contributed by atoms with van der Waals surface area (Å²) in [6, 6.07) is 0. The van der Waals surface area contributed by atoms with Crippen LogP contribution >= 0.6 is 30.2 Å². The van der Waals surface area contributed by atoms with Crippen LogP contribution in [0.1, 0.15) is 42.9 Å². The molecule has 8 nitrogen and oxygen atoms in total. The maximum absolute atomic E-state index is 11.8. The summed E-state index contributed by atoms with van der Waals surface area (Å²) in [6.45, 7) is 11.7. The van der Waals surface area contributed by atoms with Gasteiger partial charge in [0.2, 0.25) is 0 Å². The Morgan fingerprint density at radius 2 is 1.34 bits per heavy atom. The molecule has 0 spiro atoms. The Balaban J connectivity index is 0.000000481. The standard InChI is InChI=1S/C9H19O5P.C7H13IO2.C3H6O/c1-9(2)13-5-8(6-14-9)7-15(10,11-3)12-4;1-7(2)9-4-6(3-8)5-10-7;1-3(2)4/h8H,5-7H2,1-4H3;6H,3-5H2,1-2H3;1-2H3/i;;1D. The fourth-order valence-corrected chi connectivity index (χ4v) is 3.99. The molecule has 174 valence electrons. The lowest BCUT2D eigenvalue weighted by molar-refractivity contribution is -0.259. The molecule has 0 aromatic rings. The zero-order valence-corrected chi connectivity index (χ0v) is 21.7. The number of Topliss-reactive ketones (excluding diaryl/α,β-unsaturated/α-hetero) is 1. The quantitative estimate of drug-likeness (QED) is 0.283. The first kappa shape index (κ1) is 27.4. The van der Waals surface area contributed by atoms with Crippen LogP contribution in [0.4, 0.5) is 0 Å². The fourth-order valence-electron chi connectivity index (χ4n) is 2.19. The van der Waals surface area contributed by atoms with Crippen molar-refractivity contribution < 1.29 is 38.7 Å². The van der Waals surface area contributed by atoms with Gasteiger partial charge in [0.15, 0.2) is 11.6 Å². The second-order valence-corrected chi connectivity index (χ2v) is 11.0. The van der Waals surface area contributed by atoms with E-state index in [1.54, 1.807) is 0 Å². The highest BCUT2D eigenvalue weighted by molar-refractivity contribution is 14.1. The fraction of sp³-hybridized carbons (Fsp3) is 0.947. The highest BCUT2D eigenvalue weighted by atomic mass is 127. The third kappa shape index (κ3) is 14.1. The van der Waals surface area contributed by atoms with Gasteiger partial charge in [-0.15, -0.1) is 0 Å². The van der Waals surface area contributed by atoms with Gasteiger partial charge in [-0.1, -0.05) is 22.6 Å². The summed E-state index contributed by atoms with van der Waals surface area (Å²) in [6.07, 6.45) is 0.329. The molecule has 2 fully saturated rings. The number of alkyl halides is 1. The minimum absolute atomic E-state index is 0.0590. The minimum atomic E-state index is -2.95. The summed E-state index contributed by atoms with van der Waals surface area (Å²) in [5, 5.41) is 0. The Morgan fingerprint density at radius 3 is 1.62 bits per heavy atom. The summed E-state index contributed by atoms with van der Waals surface area (Å²) < 4.78 is 50.8. The molecule has 0 amide bonds. The topological polar surface area (TPSA) is 89.5 Å². The second-order valence-electron chi connectivity index (χ2n) is 7.79. The van der Waals surface area contributed by atoms with Gasteiger partial charge in [-0.05, 0) is 41.5 Å². The first-order valence-corrected chi connectivity index (χ1v) is 12.7. The van der Waals surface area contributed by atoms with Crippen LogP contribution in [0.15, 0.2) is 0 Å². The van der Waals surface area contributed by atoms with E-state index in [9.17, 15) is 9.36 Å². The van der Waals surface area contributed by atoms with Crippen LogP contribution in [-0.2, 0) is 37.4 Å². The first-order chi connectivity index (χ1) is 13.8. The molecule has 2 aliphatic rings. The molecule has 0 N–H and O–H groups in total. The highest BCUT2D eigenvalue weighted by Crippen LogP contribution is 2.48. The van der Waals surface area contributed by atoms with Crippen molar-refractivity contribution in [2.24, 2.45) is 11.8 Å². The number of carbonyl (C=O) groups is 1. The van der Waals surface area contributed by atoms with Gasteiger partial charge in [0.05, 0.1) is 32.6 Å². The van der Waals surface area contributed by atoms with Gasteiger partial charge in [0.1, 0.15) is 5.78 Å². The van der Waals surface area contributed by atoms with Crippen LogP contribution < -0.4 is 0 Å². The summed E-state index contributed by atoms with van der Waals surface area (Å²) >= 11 is 2.36. The van der Waals surface area contributed by atoms with Gasteiger partial charge in [0.25, 0.3) is 0 Å². The van der Waals surface area contributed by atoms with Crippen molar-refractivity contribution in [1.82, 2.24) is 0 Å². The van der Waals surface area contributed by atoms with Crippen molar-refractivity contribution in [1.29, 1.82) is 0 Å². The zero-order valence-electron chi connectivity index (χ0n) is 19.7. The molecular weight excluding hydrogens is 514 g/mol. The van der Waals surface area contributed by atoms with Crippen LogP contribution in [0.3, 0.4) is 0 Å². The molecule has 0 saturated carbocycles. The Labute approximate surface area is 190 Å². The molecule has 0 aliphatic carbocycles. The lowest BCUT2D eigenvalue weighted by Gasteiger charge is -2.35. The lowest BCUT2D eigenvalue weighted by Crippen LogP contribution is -2.40. The van der Waals surface area contributed by atoms with E-state index in [2.05, 4.69) is 22.6 Å². The molecule has 0 radical (unpaired) electrons. The van der Waals surface area contributed by atoms with E-state index in [0.717, 1.165) is 17.6 Å². The van der Waals surface area contributed by atoms with Crippen molar-refractivity contribution in [2.45, 2.75) is 53.1 Å². The third-order valence-corrected chi connectivity index (χ3v) is 7.24. The summed E-state index contributed by atoms with van der Waals surface area (Å²) in [5.41, 5.74) is 0. The van der Waals surface area contributed by atoms with E-state index in [4.69, 9.17) is 29.4 Å². The molecular formula is C19H38IO8P. The van der Waals surface area contributed by atoms with E-state index in [-0.39, 0.29) is 24.4 Å². The van der Waals surface area contributed by atoms with Gasteiger partial charge in [-0.2, -0.15) is 0 Å². The summed E-state index contributed by atoms with van der Waals surface area (Å²) in [4.78, 5) is 9.62. The van der Waals surface area contributed by atoms with E-state index < -0.39 is 13.4 Å². The molecule has 2 saturated heterocycles. The van der Waals surface area contributed by atoms with Crippen molar-refractivity contribution in [3.05, 3.63) is 0 Å². The smallest absolute Gasteiger partial charge is 0.330 e. The number of ketones is 1. The molecule has 0 aromatic heterocycles. The van der Waals surface area contributed by atoms with Crippen LogP contribution in [0.25, 0.3) is 0 Å². The molecule has 0 atom stereocenters. The van der Waals surface area contributed by atoms with Gasteiger partial charge < -0.3 is 32.8 Å². The Morgan fingerprint density at radius 1 is 1.00 bits per heavy atom. The maximum atomic E-state index is 11.8. The lowest BCUT2D eigenvalue weighted by atomic mass is 10.2. The SMILES string of the molecule is CC1(C)OCC(CI)CO1.COP(=O)(CC1COC(C)(C)OC1)OC.[2H]CC(C)=O. The van der Waals surface area contributed by atoms with Crippen molar-refractivity contribution in [2.75, 3.05) is 51.2 Å². The van der Waals surface area contributed by atoms with Crippen molar-refractivity contribution >= 4 is 36.0 Å². The third-order valence-electron chi connectivity index (χ3n) is 3.92. The molecule has 10 heteroatoms. The van der Waals surface area contributed by atoms with E-state index in [1.807, 2.05) is 27.7 Å². The average molecular weight is 553 g/mol. The predicted molar refractivity (Wildman–Crippen MR) is 121 cm³/mol. The first-order valence-electron chi connectivity index (χ1n) is 10.1. The van der Waals surface area contributed by atoms with Crippen molar-refractivity contribution in [3.8, 4) is 0 Å². The van der Waals surface area contributed by atoms with Crippen LogP contribution in [0.5, 0.6) is 0 Å². The second kappa shape index (κ2) is 13.7. The van der Waals surface area contributed by atoms with Crippen LogP contribution in [-0.4, -0.2) is 68.6 Å². The number of carbonyl (C=O) groups excluding carboxylic acids is 1. The average Bonchev–Trinajstić information content (AvgIpc) is 2.70. The highest BCUT2D eigenvalue weighted by Gasteiger charge is 2.34. The normalized spacial score (nSPS) is 22.4. The maximum Gasteiger partial charge on any atom is 0.330 e. The monoisotopic (exact) mass is 553 g/mol. The largest absolute Gasteiger partial charge is 0.350 e. The van der Waals surface area contributed by atoms with Gasteiger partial charge in [-0.25, -0.2) is 0 Å². The Kier molecular flexibility index (Phi) is 13.0. The van der Waals surface area contributed by atoms with E-state index in [1.165, 1.54) is 21.1 Å². The molecule has 2 aliphatic heterocycles. The Hall–Kier alpha value is 0.390. The van der Waals surface area contributed by atoms with Gasteiger partial charge in [0, 0.05) is 31.9 Å². The predicted octanol–water partition coefficient (Wildman–Crippen LogP) is 4.29. The molecule has 29 heavy (non-hydrogen) atoms. The molecule has 0 bridgehead atoms. The van der Waals surface area contributed by atoms with E-state index >= 15 is 0 Å². The molecule has 0 unspecified atom stereocenters. The number of ether oxygens (including phenoxy) is 4. The summed E-state index contributed by atoms with van der Waals surface area (Å²) in [5.74, 6) is -0.314. The van der Waals surface area contributed by atoms with Crippen LogP contribution in [0, 0.1) is 11.8 Å². The number of hydrogen-bond acceptors (Lipinski definition) is 8. The summed E-state index contributed by atoms with van der Waals surface area (Å²) in [7, 11) is -0.176. The van der Waals surface area contributed by atoms with Gasteiger partial charge in [-0.3, -0.25) is 4.57 Å². The van der Waals surface area contributed by atoms with E-state index in [0.29, 0.717) is 25.3 Å². The van der Waals surface area contributed by atoms with Gasteiger partial charge >= 0.3 is 7.60 Å².